The second-order valence-electron chi connectivity index (χ2n) is 7.02. The van der Waals surface area contributed by atoms with Gasteiger partial charge < -0.3 is 10.1 Å². The molecule has 1 aromatic heterocycles. The van der Waals surface area contributed by atoms with Gasteiger partial charge in [-0.15, -0.1) is 11.3 Å². The van der Waals surface area contributed by atoms with Gasteiger partial charge in [0.05, 0.1) is 18.2 Å². The van der Waals surface area contributed by atoms with Crippen molar-refractivity contribution in [1.29, 1.82) is 0 Å². The molecule has 1 amide bonds. The Morgan fingerprint density at radius 3 is 2.96 bits per heavy atom. The van der Waals surface area contributed by atoms with Gasteiger partial charge in [0.1, 0.15) is 5.01 Å². The molecule has 5 heteroatoms. The van der Waals surface area contributed by atoms with Crippen LogP contribution < -0.4 is 5.32 Å². The molecular formula is C21H28N2O2S. The standard InChI is InChI=1S/C21H28N2O2S/c1-16-7-5-8-17(13-16)21-23-18(15-26-21)14-20(24)22-11-6-12-25-19-9-3-2-4-10-19/h5,7-8,13,15,19H,2-4,6,9-12,14H2,1H3,(H,22,24). The summed E-state index contributed by atoms with van der Waals surface area (Å²) in [4.78, 5) is 16.7. The smallest absolute Gasteiger partial charge is 0.226 e. The molecule has 1 aliphatic rings. The molecule has 3 rings (SSSR count). The molecule has 0 atom stereocenters. The molecule has 4 nitrogen and oxygen atoms in total. The largest absolute Gasteiger partial charge is 0.378 e. The maximum atomic E-state index is 12.1. The summed E-state index contributed by atoms with van der Waals surface area (Å²) in [6, 6.07) is 8.29. The van der Waals surface area contributed by atoms with Crippen molar-refractivity contribution in [3.63, 3.8) is 0 Å². The number of aryl methyl sites for hydroxylation is 1. The predicted octanol–water partition coefficient (Wildman–Crippen LogP) is 4.52. The molecule has 1 aromatic carbocycles. The number of thiazole rings is 1. The fourth-order valence-corrected chi connectivity index (χ4v) is 4.12. The van der Waals surface area contributed by atoms with Crippen molar-refractivity contribution < 1.29 is 9.53 Å². The zero-order chi connectivity index (χ0) is 18.2. The summed E-state index contributed by atoms with van der Waals surface area (Å²) in [6.45, 7) is 3.48. The summed E-state index contributed by atoms with van der Waals surface area (Å²) in [7, 11) is 0. The number of hydrogen-bond acceptors (Lipinski definition) is 4. The van der Waals surface area contributed by atoms with Crippen LogP contribution in [0.25, 0.3) is 10.6 Å². The zero-order valence-corrected chi connectivity index (χ0v) is 16.3. The summed E-state index contributed by atoms with van der Waals surface area (Å²) in [5.41, 5.74) is 3.16. The van der Waals surface area contributed by atoms with Gasteiger partial charge >= 0.3 is 0 Å². The molecule has 1 saturated carbocycles. The third-order valence-corrected chi connectivity index (χ3v) is 5.65. The number of carbonyl (C=O) groups excluding carboxylic acids is 1. The van der Waals surface area contributed by atoms with Gasteiger partial charge in [-0.25, -0.2) is 4.98 Å². The van der Waals surface area contributed by atoms with Gasteiger partial charge in [-0.05, 0) is 32.3 Å². The van der Waals surface area contributed by atoms with E-state index < -0.39 is 0 Å². The molecular weight excluding hydrogens is 344 g/mol. The van der Waals surface area contributed by atoms with Crippen molar-refractivity contribution in [2.24, 2.45) is 0 Å². The molecule has 0 saturated heterocycles. The lowest BCUT2D eigenvalue weighted by atomic mass is 9.98. The second kappa shape index (κ2) is 9.83. The van der Waals surface area contributed by atoms with E-state index in [9.17, 15) is 4.79 Å². The van der Waals surface area contributed by atoms with Crippen molar-refractivity contribution in [1.82, 2.24) is 10.3 Å². The number of carbonyl (C=O) groups is 1. The molecule has 0 bridgehead atoms. The lowest BCUT2D eigenvalue weighted by molar-refractivity contribution is -0.120. The van der Waals surface area contributed by atoms with Crippen LogP contribution in [0.1, 0.15) is 49.8 Å². The third-order valence-electron chi connectivity index (χ3n) is 4.71. The molecule has 26 heavy (non-hydrogen) atoms. The number of amides is 1. The summed E-state index contributed by atoms with van der Waals surface area (Å²) in [6.07, 6.45) is 7.96. The third kappa shape index (κ3) is 5.92. The van der Waals surface area contributed by atoms with Crippen molar-refractivity contribution in [3.05, 3.63) is 40.9 Å². The van der Waals surface area contributed by atoms with Gasteiger partial charge in [0.15, 0.2) is 0 Å². The Balaban J connectivity index is 1.36. The quantitative estimate of drug-likeness (QED) is 0.693. The second-order valence-corrected chi connectivity index (χ2v) is 7.88. The van der Waals surface area contributed by atoms with E-state index in [4.69, 9.17) is 4.74 Å². The van der Waals surface area contributed by atoms with Crippen molar-refractivity contribution in [2.45, 2.75) is 58.0 Å². The van der Waals surface area contributed by atoms with E-state index in [2.05, 4.69) is 35.4 Å². The van der Waals surface area contributed by atoms with E-state index in [-0.39, 0.29) is 5.91 Å². The summed E-state index contributed by atoms with van der Waals surface area (Å²) in [5, 5.41) is 5.92. The van der Waals surface area contributed by atoms with E-state index in [1.54, 1.807) is 11.3 Å². The van der Waals surface area contributed by atoms with Gasteiger partial charge in [0.25, 0.3) is 0 Å². The Kier molecular flexibility index (Phi) is 7.21. The van der Waals surface area contributed by atoms with Crippen molar-refractivity contribution in [3.8, 4) is 10.6 Å². The van der Waals surface area contributed by atoms with Gasteiger partial charge in [0.2, 0.25) is 5.91 Å². The minimum absolute atomic E-state index is 0.0313. The lowest BCUT2D eigenvalue weighted by Gasteiger charge is -2.21. The first-order valence-electron chi connectivity index (χ1n) is 9.60. The fourth-order valence-electron chi connectivity index (χ4n) is 3.31. The summed E-state index contributed by atoms with van der Waals surface area (Å²) in [5.74, 6) is 0.0313. The fraction of sp³-hybridized carbons (Fsp3) is 0.524. The monoisotopic (exact) mass is 372 g/mol. The normalized spacial score (nSPS) is 15.1. The average Bonchev–Trinajstić information content (AvgIpc) is 3.11. The Hall–Kier alpha value is -1.72. The van der Waals surface area contributed by atoms with Crippen LogP contribution >= 0.6 is 11.3 Å². The van der Waals surface area contributed by atoms with E-state index >= 15 is 0 Å². The van der Waals surface area contributed by atoms with E-state index in [1.807, 2.05) is 11.4 Å². The Labute approximate surface area is 160 Å². The number of ether oxygens (including phenoxy) is 1. The average molecular weight is 373 g/mol. The molecule has 1 N–H and O–H groups in total. The van der Waals surface area contributed by atoms with Crippen LogP contribution in [-0.2, 0) is 16.0 Å². The summed E-state index contributed by atoms with van der Waals surface area (Å²) < 4.78 is 5.88. The van der Waals surface area contributed by atoms with E-state index in [1.165, 1.54) is 37.7 Å². The molecule has 0 aliphatic heterocycles. The van der Waals surface area contributed by atoms with Crippen molar-refractivity contribution >= 4 is 17.2 Å². The number of nitrogens with zero attached hydrogens (tertiary/aromatic N) is 1. The van der Waals surface area contributed by atoms with Crippen LogP contribution in [0.3, 0.4) is 0 Å². The number of aromatic nitrogens is 1. The summed E-state index contributed by atoms with van der Waals surface area (Å²) >= 11 is 1.59. The lowest BCUT2D eigenvalue weighted by Crippen LogP contribution is -2.27. The Morgan fingerprint density at radius 2 is 2.15 bits per heavy atom. The minimum Gasteiger partial charge on any atom is -0.378 e. The maximum Gasteiger partial charge on any atom is 0.226 e. The maximum absolute atomic E-state index is 12.1. The Bertz CT molecular complexity index is 708. The number of hydrogen-bond donors (Lipinski definition) is 1. The number of rotatable bonds is 8. The van der Waals surface area contributed by atoms with E-state index in [0.29, 0.717) is 19.1 Å². The molecule has 0 unspecified atom stereocenters. The minimum atomic E-state index is 0.0313. The molecule has 0 spiro atoms. The number of benzene rings is 1. The highest BCUT2D eigenvalue weighted by Crippen LogP contribution is 2.24. The van der Waals surface area contributed by atoms with Crippen LogP contribution in [0.15, 0.2) is 29.6 Å². The molecule has 1 heterocycles. The van der Waals surface area contributed by atoms with Gasteiger partial charge in [-0.3, -0.25) is 4.79 Å². The first kappa shape index (κ1) is 19.1. The van der Waals surface area contributed by atoms with Crippen molar-refractivity contribution in [2.75, 3.05) is 13.2 Å². The predicted molar refractivity (Wildman–Crippen MR) is 106 cm³/mol. The van der Waals surface area contributed by atoms with Crippen LogP contribution in [-0.4, -0.2) is 30.1 Å². The highest BCUT2D eigenvalue weighted by atomic mass is 32.1. The van der Waals surface area contributed by atoms with Crippen LogP contribution in [0.2, 0.25) is 0 Å². The first-order chi connectivity index (χ1) is 12.7. The molecule has 0 radical (unpaired) electrons. The van der Waals surface area contributed by atoms with Crippen LogP contribution in [0.4, 0.5) is 0 Å². The van der Waals surface area contributed by atoms with Gasteiger partial charge in [-0.2, -0.15) is 0 Å². The van der Waals surface area contributed by atoms with Crippen LogP contribution in [0, 0.1) is 6.92 Å². The first-order valence-corrected chi connectivity index (χ1v) is 10.5. The van der Waals surface area contributed by atoms with Gasteiger partial charge in [-0.1, -0.05) is 43.0 Å². The molecule has 140 valence electrons. The molecule has 2 aromatic rings. The van der Waals surface area contributed by atoms with Gasteiger partial charge in [0, 0.05) is 24.1 Å². The Morgan fingerprint density at radius 1 is 1.31 bits per heavy atom. The van der Waals surface area contributed by atoms with E-state index in [0.717, 1.165) is 29.3 Å². The zero-order valence-electron chi connectivity index (χ0n) is 15.5. The SMILES string of the molecule is Cc1cccc(-c2nc(CC(=O)NCCCOC3CCCCC3)cs2)c1. The number of nitrogens with one attached hydrogen (secondary N) is 1. The molecule has 1 fully saturated rings. The highest BCUT2D eigenvalue weighted by molar-refractivity contribution is 7.13. The molecule has 1 aliphatic carbocycles. The highest BCUT2D eigenvalue weighted by Gasteiger charge is 2.13. The van der Waals surface area contributed by atoms with Crippen LogP contribution in [0.5, 0.6) is 0 Å². The topological polar surface area (TPSA) is 51.2 Å².